The smallest absolute Gasteiger partial charge is 0.274 e. The van der Waals surface area contributed by atoms with Crippen molar-refractivity contribution < 1.29 is 4.79 Å². The molecule has 2 heterocycles. The summed E-state index contributed by atoms with van der Waals surface area (Å²) in [6.07, 6.45) is 5.04. The number of hydrogen-bond acceptors (Lipinski definition) is 5. The number of aromatic nitrogens is 2. The van der Waals surface area contributed by atoms with Gasteiger partial charge in [-0.05, 0) is 29.3 Å². The second-order valence-electron chi connectivity index (χ2n) is 6.08. The number of nitrogens with one attached hydrogen (secondary N) is 2. The number of amides is 1. The topological polar surface area (TPSA) is 105 Å². The fraction of sp³-hybridized carbons (Fsp3) is 0.100. The molecule has 1 amide bonds. The molecule has 1 aromatic heterocycles. The van der Waals surface area contributed by atoms with Crippen LogP contribution in [0.5, 0.6) is 0 Å². The van der Waals surface area contributed by atoms with E-state index in [2.05, 4.69) is 25.6 Å². The van der Waals surface area contributed by atoms with Gasteiger partial charge in [0.15, 0.2) is 0 Å². The molecule has 4 N–H and O–H groups in total. The molecule has 1 atom stereocenters. The summed E-state index contributed by atoms with van der Waals surface area (Å²) >= 11 is 0. The Hall–Kier alpha value is -3.00. The van der Waals surface area contributed by atoms with E-state index >= 15 is 0 Å². The van der Waals surface area contributed by atoms with Crippen molar-refractivity contribution in [1.29, 1.82) is 0 Å². The highest BCUT2D eigenvalue weighted by molar-refractivity contribution is 6.15. The highest BCUT2D eigenvalue weighted by Crippen LogP contribution is 2.17. The van der Waals surface area contributed by atoms with Crippen molar-refractivity contribution >= 4 is 53.8 Å². The van der Waals surface area contributed by atoms with Crippen LogP contribution >= 0.6 is 24.8 Å². The molecule has 29 heavy (non-hydrogen) atoms. The molecule has 0 bridgehead atoms. The summed E-state index contributed by atoms with van der Waals surface area (Å²) in [5.74, 6) is 0.156. The molecule has 1 aliphatic rings. The molecular formula is C20H20Cl2N6O. The Morgan fingerprint density at radius 3 is 2.45 bits per heavy atom. The molecule has 2 aromatic carbocycles. The Morgan fingerprint density at radius 2 is 1.72 bits per heavy atom. The Kier molecular flexibility index (Phi) is 7.67. The standard InChI is InChI=1S/C20H18N6O.2ClH/c21-12-18(14-4-2-1-3-5-14)25-20-24-17(19(27)26-20)11-13-6-7-15-16(10-13)23-9-8-22-15;;/h1-11,18H,12,21H2,(H2,24,25,26,27);2*1H/b17-11-;;/t18-;;/m0../s1. The van der Waals surface area contributed by atoms with Crippen LogP contribution in [-0.4, -0.2) is 28.4 Å². The van der Waals surface area contributed by atoms with Crippen molar-refractivity contribution in [3.63, 3.8) is 0 Å². The van der Waals surface area contributed by atoms with Crippen molar-refractivity contribution in [2.45, 2.75) is 6.04 Å². The predicted molar refractivity (Wildman–Crippen MR) is 119 cm³/mol. The van der Waals surface area contributed by atoms with Crippen LogP contribution in [0.1, 0.15) is 17.2 Å². The van der Waals surface area contributed by atoms with Crippen LogP contribution in [-0.2, 0) is 4.79 Å². The number of carbonyl (C=O) groups is 1. The number of nitrogens with two attached hydrogens (primary N) is 1. The highest BCUT2D eigenvalue weighted by atomic mass is 35.5. The van der Waals surface area contributed by atoms with E-state index < -0.39 is 0 Å². The number of rotatable bonds is 4. The third-order valence-electron chi connectivity index (χ3n) is 4.23. The summed E-state index contributed by atoms with van der Waals surface area (Å²) in [5, 5.41) is 5.77. The van der Waals surface area contributed by atoms with E-state index in [9.17, 15) is 4.79 Å². The monoisotopic (exact) mass is 430 g/mol. The molecule has 0 radical (unpaired) electrons. The summed E-state index contributed by atoms with van der Waals surface area (Å²) in [6, 6.07) is 15.2. The second kappa shape index (κ2) is 9.97. The average molecular weight is 431 g/mol. The maximum absolute atomic E-state index is 12.3. The number of guanidine groups is 1. The number of fused-ring (bicyclic) bond motifs is 1. The number of hydrogen-bond donors (Lipinski definition) is 3. The molecule has 0 aliphatic carbocycles. The molecule has 0 spiro atoms. The van der Waals surface area contributed by atoms with Crippen LogP contribution in [0.4, 0.5) is 0 Å². The van der Waals surface area contributed by atoms with Gasteiger partial charge >= 0.3 is 0 Å². The SMILES string of the molecule is Cl.Cl.NC[C@H](N=C1NC(=O)/C(=C/c2ccc3nccnc3c2)N1)c1ccccc1. The highest BCUT2D eigenvalue weighted by Gasteiger charge is 2.23. The van der Waals surface area contributed by atoms with Crippen LogP contribution in [0, 0.1) is 0 Å². The summed E-state index contributed by atoms with van der Waals surface area (Å²) < 4.78 is 0. The van der Waals surface area contributed by atoms with Gasteiger partial charge in [0.2, 0.25) is 5.96 Å². The van der Waals surface area contributed by atoms with Gasteiger partial charge in [0.05, 0.1) is 17.1 Å². The lowest BCUT2D eigenvalue weighted by Crippen LogP contribution is -2.27. The van der Waals surface area contributed by atoms with Crippen LogP contribution in [0.2, 0.25) is 0 Å². The minimum absolute atomic E-state index is 0. The second-order valence-corrected chi connectivity index (χ2v) is 6.08. The zero-order chi connectivity index (χ0) is 18.6. The van der Waals surface area contributed by atoms with Crippen molar-refractivity contribution in [1.82, 2.24) is 20.6 Å². The van der Waals surface area contributed by atoms with Crippen molar-refractivity contribution in [2.75, 3.05) is 6.54 Å². The quantitative estimate of drug-likeness (QED) is 0.551. The third-order valence-corrected chi connectivity index (χ3v) is 4.23. The van der Waals surface area contributed by atoms with Gasteiger partial charge in [-0.2, -0.15) is 0 Å². The van der Waals surface area contributed by atoms with E-state index in [4.69, 9.17) is 5.73 Å². The number of nitrogens with zero attached hydrogens (tertiary/aromatic N) is 3. The Labute approximate surface area is 180 Å². The number of halogens is 2. The first-order valence-corrected chi connectivity index (χ1v) is 8.56. The molecule has 150 valence electrons. The summed E-state index contributed by atoms with van der Waals surface area (Å²) in [5.41, 5.74) is 9.69. The third kappa shape index (κ3) is 5.08. The van der Waals surface area contributed by atoms with E-state index in [-0.39, 0.29) is 36.8 Å². The molecule has 0 unspecified atom stereocenters. The lowest BCUT2D eigenvalue weighted by atomic mass is 10.1. The molecule has 1 aliphatic heterocycles. The number of benzene rings is 2. The van der Waals surface area contributed by atoms with Gasteiger partial charge < -0.3 is 11.1 Å². The summed E-state index contributed by atoms with van der Waals surface area (Å²) in [6.45, 7) is 0.341. The van der Waals surface area contributed by atoms with Crippen molar-refractivity contribution in [3.8, 4) is 0 Å². The Balaban J connectivity index is 0.00000150. The molecule has 4 rings (SSSR count). The molecular weight excluding hydrogens is 411 g/mol. The first-order chi connectivity index (χ1) is 13.2. The molecule has 9 heteroatoms. The zero-order valence-electron chi connectivity index (χ0n) is 15.3. The van der Waals surface area contributed by atoms with Gasteiger partial charge in [-0.25, -0.2) is 4.99 Å². The van der Waals surface area contributed by atoms with Crippen molar-refractivity contribution in [3.05, 3.63) is 77.7 Å². The van der Waals surface area contributed by atoms with E-state index in [0.717, 1.165) is 22.2 Å². The minimum atomic E-state index is -0.239. The van der Waals surface area contributed by atoms with Crippen LogP contribution < -0.4 is 16.4 Å². The summed E-state index contributed by atoms with van der Waals surface area (Å²) in [7, 11) is 0. The molecule has 3 aromatic rings. The number of aliphatic imine (C=N–C) groups is 1. The molecule has 1 fully saturated rings. The zero-order valence-corrected chi connectivity index (χ0v) is 16.9. The van der Waals surface area contributed by atoms with Gasteiger partial charge in [-0.15, -0.1) is 24.8 Å². The molecule has 1 saturated heterocycles. The Morgan fingerprint density at radius 1 is 1.00 bits per heavy atom. The van der Waals surface area contributed by atoms with Crippen LogP contribution in [0.25, 0.3) is 17.1 Å². The molecule has 0 saturated carbocycles. The largest absolute Gasteiger partial charge is 0.328 e. The van der Waals surface area contributed by atoms with E-state index in [1.54, 1.807) is 18.5 Å². The maximum Gasteiger partial charge on any atom is 0.274 e. The fourth-order valence-corrected chi connectivity index (χ4v) is 2.89. The fourth-order valence-electron chi connectivity index (χ4n) is 2.89. The first kappa shape index (κ1) is 22.3. The van der Waals surface area contributed by atoms with Crippen LogP contribution in [0.15, 0.2) is 71.6 Å². The van der Waals surface area contributed by atoms with Crippen molar-refractivity contribution in [2.24, 2.45) is 10.7 Å². The maximum atomic E-state index is 12.3. The van der Waals surface area contributed by atoms with E-state index in [1.807, 2.05) is 48.5 Å². The number of carbonyl (C=O) groups excluding carboxylic acids is 1. The molecule has 7 nitrogen and oxygen atoms in total. The van der Waals surface area contributed by atoms with E-state index in [1.165, 1.54) is 0 Å². The van der Waals surface area contributed by atoms with Gasteiger partial charge in [0.25, 0.3) is 5.91 Å². The van der Waals surface area contributed by atoms with E-state index in [0.29, 0.717) is 18.2 Å². The Bertz CT molecular complexity index is 1060. The van der Waals surface area contributed by atoms with Gasteiger partial charge in [-0.3, -0.25) is 20.1 Å². The van der Waals surface area contributed by atoms with Gasteiger partial charge in [0, 0.05) is 18.9 Å². The first-order valence-electron chi connectivity index (χ1n) is 8.56. The predicted octanol–water partition coefficient (Wildman–Crippen LogP) is 2.59. The normalized spacial score (nSPS) is 16.7. The van der Waals surface area contributed by atoms with Gasteiger partial charge in [0.1, 0.15) is 5.70 Å². The summed E-state index contributed by atoms with van der Waals surface area (Å²) in [4.78, 5) is 25.3. The van der Waals surface area contributed by atoms with Gasteiger partial charge in [-0.1, -0.05) is 36.4 Å². The lowest BCUT2D eigenvalue weighted by Gasteiger charge is -2.11. The van der Waals surface area contributed by atoms with Crippen LogP contribution in [0.3, 0.4) is 0 Å². The lowest BCUT2D eigenvalue weighted by molar-refractivity contribution is -0.115. The average Bonchev–Trinajstić information content (AvgIpc) is 3.05. The minimum Gasteiger partial charge on any atom is -0.328 e.